The molecule has 4 amide bonds. The zero-order valence-electron chi connectivity index (χ0n) is 24.5. The van der Waals surface area contributed by atoms with Crippen molar-refractivity contribution in [2.45, 2.75) is 81.8 Å². The summed E-state index contributed by atoms with van der Waals surface area (Å²) < 4.78 is 14.8. The Morgan fingerprint density at radius 1 is 1.16 bits per heavy atom. The zero-order valence-corrected chi connectivity index (χ0v) is 24.5. The maximum atomic E-state index is 14.8. The van der Waals surface area contributed by atoms with E-state index in [1.54, 1.807) is 17.0 Å². The van der Waals surface area contributed by atoms with Crippen LogP contribution in [0.3, 0.4) is 0 Å². The van der Waals surface area contributed by atoms with E-state index in [0.717, 1.165) is 11.1 Å². The van der Waals surface area contributed by atoms with E-state index < -0.39 is 40.2 Å². The van der Waals surface area contributed by atoms with Crippen molar-refractivity contribution in [2.75, 3.05) is 23.3 Å². The van der Waals surface area contributed by atoms with Gasteiger partial charge < -0.3 is 15.1 Å². The number of nitrogens with zero attached hydrogens (tertiary/aromatic N) is 4. The number of nitrogens with one attached hydrogen (secondary N) is 1. The topological polar surface area (TPSA) is 114 Å². The zero-order chi connectivity index (χ0) is 30.5. The summed E-state index contributed by atoms with van der Waals surface area (Å²) in [6.45, 7) is 6.33. The Morgan fingerprint density at radius 3 is 2.63 bits per heavy atom. The average molecular weight is 584 g/mol. The molecule has 9 nitrogen and oxygen atoms in total. The van der Waals surface area contributed by atoms with Gasteiger partial charge in [-0.3, -0.25) is 24.1 Å². The summed E-state index contributed by atoms with van der Waals surface area (Å²) in [5.41, 5.74) is -0.134. The number of para-hydroxylation sites is 1. The van der Waals surface area contributed by atoms with Crippen LogP contribution in [0, 0.1) is 22.6 Å². The largest absolute Gasteiger partial charge is 0.327 e. The molecule has 0 bridgehead atoms. The second-order valence-corrected chi connectivity index (χ2v) is 13.9. The second kappa shape index (κ2) is 9.12. The second-order valence-electron chi connectivity index (χ2n) is 13.9. The normalized spacial score (nSPS) is 29.7. The molecule has 3 fully saturated rings. The van der Waals surface area contributed by atoms with E-state index in [2.05, 4.69) is 11.4 Å². The van der Waals surface area contributed by atoms with Gasteiger partial charge in [0.1, 0.15) is 23.4 Å². The van der Waals surface area contributed by atoms with Crippen molar-refractivity contribution >= 4 is 35.0 Å². The van der Waals surface area contributed by atoms with Gasteiger partial charge in [0.05, 0.1) is 17.2 Å². The Hall–Kier alpha value is -4.26. The van der Waals surface area contributed by atoms with Crippen LogP contribution >= 0.6 is 0 Å². The van der Waals surface area contributed by atoms with E-state index in [0.29, 0.717) is 37.2 Å². The minimum atomic E-state index is -1.10. The Morgan fingerprint density at radius 2 is 1.93 bits per heavy atom. The highest BCUT2D eigenvalue weighted by Gasteiger charge is 2.71. The van der Waals surface area contributed by atoms with E-state index >= 15 is 0 Å². The number of nitriles is 1. The van der Waals surface area contributed by atoms with Crippen LogP contribution in [0.1, 0.15) is 69.9 Å². The lowest BCUT2D eigenvalue weighted by atomic mass is 9.80. The van der Waals surface area contributed by atoms with Crippen molar-refractivity contribution in [1.82, 2.24) is 9.80 Å². The molecule has 2 unspecified atom stereocenters. The molecular weight excluding hydrogens is 549 g/mol. The molecule has 1 aliphatic carbocycles. The first kappa shape index (κ1) is 27.6. The van der Waals surface area contributed by atoms with Gasteiger partial charge in [-0.2, -0.15) is 5.26 Å². The van der Waals surface area contributed by atoms with Gasteiger partial charge in [0.25, 0.3) is 5.91 Å². The molecular formula is C33H34FN5O4. The van der Waals surface area contributed by atoms with Crippen LogP contribution in [0.2, 0.25) is 0 Å². The molecule has 0 radical (unpaired) electrons. The van der Waals surface area contributed by atoms with E-state index in [-0.39, 0.29) is 43.0 Å². The maximum absolute atomic E-state index is 14.8. The molecule has 4 heterocycles. The molecule has 5 aliphatic rings. The Bertz CT molecular complexity index is 1640. The molecule has 222 valence electrons. The molecule has 5 atom stereocenters. The van der Waals surface area contributed by atoms with Crippen LogP contribution < -0.4 is 10.2 Å². The number of carbonyl (C=O) groups is 4. The number of carbonyl (C=O) groups excluding carboxylic acids is 4. The monoisotopic (exact) mass is 583 g/mol. The van der Waals surface area contributed by atoms with Gasteiger partial charge in [0, 0.05) is 37.5 Å². The lowest BCUT2D eigenvalue weighted by Gasteiger charge is -2.44. The highest BCUT2D eigenvalue weighted by Crippen LogP contribution is 2.63. The van der Waals surface area contributed by atoms with E-state index in [1.165, 1.54) is 21.9 Å². The fourth-order valence-corrected chi connectivity index (χ4v) is 8.03. The molecule has 2 saturated heterocycles. The summed E-state index contributed by atoms with van der Waals surface area (Å²) in [7, 11) is 0. The summed E-state index contributed by atoms with van der Waals surface area (Å²) >= 11 is 0. The molecule has 0 aromatic heterocycles. The van der Waals surface area contributed by atoms with Gasteiger partial charge in [-0.25, -0.2) is 4.39 Å². The van der Waals surface area contributed by atoms with Gasteiger partial charge in [-0.05, 0) is 54.0 Å². The van der Waals surface area contributed by atoms with Crippen LogP contribution in [0.4, 0.5) is 15.8 Å². The lowest BCUT2D eigenvalue weighted by molar-refractivity contribution is -0.140. The third-order valence-electron chi connectivity index (χ3n) is 10.0. The van der Waals surface area contributed by atoms with Crippen molar-refractivity contribution in [1.29, 1.82) is 5.26 Å². The van der Waals surface area contributed by atoms with Crippen LogP contribution in [-0.4, -0.2) is 64.1 Å². The lowest BCUT2D eigenvalue weighted by Crippen LogP contribution is -2.61. The smallest absolute Gasteiger partial charge is 0.254 e. The minimum Gasteiger partial charge on any atom is -0.327 e. The first-order valence-corrected chi connectivity index (χ1v) is 15.0. The van der Waals surface area contributed by atoms with Crippen LogP contribution in [0.5, 0.6) is 0 Å². The van der Waals surface area contributed by atoms with Crippen molar-refractivity contribution in [3.8, 4) is 6.07 Å². The predicted octanol–water partition coefficient (Wildman–Crippen LogP) is 3.84. The first-order valence-electron chi connectivity index (χ1n) is 15.0. The van der Waals surface area contributed by atoms with Gasteiger partial charge in [-0.15, -0.1) is 0 Å². The molecule has 7 rings (SSSR count). The Balaban J connectivity index is 1.33. The number of fused-ring (bicyclic) bond motifs is 5. The quantitative estimate of drug-likeness (QED) is 0.588. The third-order valence-corrected chi connectivity index (χ3v) is 10.0. The third kappa shape index (κ3) is 3.86. The standard InChI is InChI=1S/C33H34FN5O4/c1-31(2,3)16-26(28(41)37-18-32(14-20(37)17-35)22-7-4-5-8-24(22)36-29(32)42)39-25-13-19(34)10-11-21(25)23-15-33(23,30(39)43)38-12-6-9-27(38)40/h4-5,7-8,10-11,13,20,23,26H,6,9,12,14-16,18H2,1-3H3,(H,36,42)/t20-,23?,26-,32-,33?/m0/s1. The molecule has 10 heteroatoms. The molecule has 4 aliphatic heterocycles. The van der Waals surface area contributed by atoms with Gasteiger partial charge in [0.15, 0.2) is 0 Å². The van der Waals surface area contributed by atoms with Crippen LogP contribution in [-0.2, 0) is 24.6 Å². The summed E-state index contributed by atoms with van der Waals surface area (Å²) in [5.74, 6) is -1.97. The highest BCUT2D eigenvalue weighted by molar-refractivity contribution is 6.13. The van der Waals surface area contributed by atoms with E-state index in [1.807, 2.05) is 39.0 Å². The molecule has 2 aromatic carbocycles. The van der Waals surface area contributed by atoms with Crippen LogP contribution in [0.15, 0.2) is 42.5 Å². The molecule has 1 saturated carbocycles. The van der Waals surface area contributed by atoms with Crippen molar-refractivity contribution in [2.24, 2.45) is 5.41 Å². The van der Waals surface area contributed by atoms with Gasteiger partial charge in [-0.1, -0.05) is 45.0 Å². The molecule has 2 aromatic rings. The average Bonchev–Trinajstić information content (AvgIpc) is 3.22. The number of halogens is 1. The number of likely N-dealkylation sites (tertiary alicyclic amines) is 2. The summed E-state index contributed by atoms with van der Waals surface area (Å²) in [4.78, 5) is 60.3. The van der Waals surface area contributed by atoms with Crippen molar-refractivity contribution < 1.29 is 23.6 Å². The Kier molecular flexibility index (Phi) is 5.85. The van der Waals surface area contributed by atoms with Gasteiger partial charge in [0.2, 0.25) is 17.7 Å². The number of hydrogen-bond acceptors (Lipinski definition) is 5. The fraction of sp³-hybridized carbons (Fsp3) is 0.485. The molecule has 43 heavy (non-hydrogen) atoms. The summed E-state index contributed by atoms with van der Waals surface area (Å²) in [6.07, 6.45) is 1.81. The molecule has 1 spiro atoms. The van der Waals surface area contributed by atoms with Crippen molar-refractivity contribution in [3.63, 3.8) is 0 Å². The first-order chi connectivity index (χ1) is 20.4. The minimum absolute atomic E-state index is 0.00995. The summed E-state index contributed by atoms with van der Waals surface area (Å²) in [6, 6.07) is 11.9. The number of anilines is 2. The Labute approximate surface area is 249 Å². The number of rotatable bonds is 4. The van der Waals surface area contributed by atoms with E-state index in [9.17, 15) is 28.8 Å². The fourth-order valence-electron chi connectivity index (χ4n) is 8.03. The number of hydrogen-bond donors (Lipinski definition) is 1. The predicted molar refractivity (Wildman–Crippen MR) is 155 cm³/mol. The summed E-state index contributed by atoms with van der Waals surface area (Å²) in [5, 5.41) is 13.2. The number of benzene rings is 2. The van der Waals surface area contributed by atoms with Crippen molar-refractivity contribution in [3.05, 3.63) is 59.4 Å². The highest BCUT2D eigenvalue weighted by atomic mass is 19.1. The molecule has 1 N–H and O–H groups in total. The van der Waals surface area contributed by atoms with Gasteiger partial charge >= 0.3 is 0 Å². The van der Waals surface area contributed by atoms with E-state index in [4.69, 9.17) is 0 Å². The number of amides is 4. The van der Waals surface area contributed by atoms with Crippen LogP contribution in [0.25, 0.3) is 0 Å². The SMILES string of the molecule is CC(C)(C)C[C@@H](C(=O)N1C[C@]2(C[C@H]1C#N)C(=O)Nc1ccccc12)N1C(=O)C2(N3CCCC3=O)CC2c2ccc(F)cc21. The maximum Gasteiger partial charge on any atom is 0.254 e.